The van der Waals surface area contributed by atoms with Crippen molar-refractivity contribution in [1.82, 2.24) is 4.57 Å². The molecule has 1 aromatic carbocycles. The first-order valence-electron chi connectivity index (χ1n) is 7.99. The first kappa shape index (κ1) is 16.3. The molecule has 0 spiro atoms. The maximum atomic E-state index is 12.0. The van der Waals surface area contributed by atoms with E-state index in [1.165, 1.54) is 30.3 Å². The second kappa shape index (κ2) is 8.37. The summed E-state index contributed by atoms with van der Waals surface area (Å²) in [7, 11) is 0. The molecule has 0 aliphatic carbocycles. The lowest BCUT2D eigenvalue weighted by Crippen LogP contribution is -2.06. The number of aromatic nitrogens is 1. The van der Waals surface area contributed by atoms with Crippen LogP contribution in [0.1, 0.15) is 55.8 Å². The van der Waals surface area contributed by atoms with Crippen LogP contribution >= 0.6 is 0 Å². The fourth-order valence-electron chi connectivity index (χ4n) is 2.50. The monoisotopic (exact) mass is 301 g/mol. The number of hydrogen-bond acceptors (Lipinski definition) is 3. The average molecular weight is 301 g/mol. The Morgan fingerprint density at radius 3 is 2.68 bits per heavy atom. The Morgan fingerprint density at radius 1 is 1.14 bits per heavy atom. The van der Waals surface area contributed by atoms with Crippen LogP contribution < -0.4 is 0 Å². The summed E-state index contributed by atoms with van der Waals surface area (Å²) in [5.41, 5.74) is 1.21. The van der Waals surface area contributed by atoms with E-state index in [0.717, 1.165) is 30.2 Å². The van der Waals surface area contributed by atoms with E-state index in [2.05, 4.69) is 6.92 Å². The minimum atomic E-state index is -0.325. The van der Waals surface area contributed by atoms with Gasteiger partial charge in [-0.1, -0.05) is 45.1 Å². The summed E-state index contributed by atoms with van der Waals surface area (Å²) >= 11 is 0. The van der Waals surface area contributed by atoms with Gasteiger partial charge in [-0.15, -0.1) is 0 Å². The van der Waals surface area contributed by atoms with Gasteiger partial charge >= 0.3 is 5.97 Å². The molecular formula is C18H23NO3. The molecule has 22 heavy (non-hydrogen) atoms. The van der Waals surface area contributed by atoms with Gasteiger partial charge in [0.15, 0.2) is 0 Å². The zero-order valence-corrected chi connectivity index (χ0v) is 13.1. The molecule has 0 aliphatic heterocycles. The molecule has 0 saturated heterocycles. The third-order valence-electron chi connectivity index (χ3n) is 3.80. The molecule has 0 aliphatic rings. The summed E-state index contributed by atoms with van der Waals surface area (Å²) in [6.45, 7) is 2.65. The number of ether oxygens (including phenoxy) is 1. The van der Waals surface area contributed by atoms with Gasteiger partial charge in [0.05, 0.1) is 17.7 Å². The fourth-order valence-corrected chi connectivity index (χ4v) is 2.50. The highest BCUT2D eigenvalue weighted by Crippen LogP contribution is 2.17. The van der Waals surface area contributed by atoms with Crippen molar-refractivity contribution in [2.75, 3.05) is 6.61 Å². The molecule has 0 fully saturated rings. The molecule has 118 valence electrons. The number of carbonyl (C=O) groups excluding carboxylic acids is 2. The van der Waals surface area contributed by atoms with E-state index in [1.54, 1.807) is 18.3 Å². The van der Waals surface area contributed by atoms with Gasteiger partial charge in [-0.2, -0.15) is 0 Å². The maximum absolute atomic E-state index is 12.0. The van der Waals surface area contributed by atoms with Gasteiger partial charge in [-0.05, 0) is 24.6 Å². The summed E-state index contributed by atoms with van der Waals surface area (Å²) in [6, 6.07) is 7.11. The normalized spacial score (nSPS) is 10.8. The molecule has 0 bridgehead atoms. The van der Waals surface area contributed by atoms with E-state index in [0.29, 0.717) is 12.2 Å². The van der Waals surface area contributed by atoms with Crippen molar-refractivity contribution in [2.24, 2.45) is 0 Å². The van der Waals surface area contributed by atoms with Crippen molar-refractivity contribution < 1.29 is 14.3 Å². The molecule has 4 heteroatoms. The molecule has 0 radical (unpaired) electrons. The lowest BCUT2D eigenvalue weighted by molar-refractivity contribution is 0.0498. The van der Waals surface area contributed by atoms with Crippen LogP contribution in [0, 0.1) is 0 Å². The molecule has 2 rings (SSSR count). The minimum absolute atomic E-state index is 0.325. The number of esters is 1. The summed E-state index contributed by atoms with van der Waals surface area (Å²) in [5.74, 6) is -0.325. The van der Waals surface area contributed by atoms with Crippen molar-refractivity contribution >= 4 is 23.3 Å². The third-order valence-corrected chi connectivity index (χ3v) is 3.80. The smallest absolute Gasteiger partial charge is 0.338 e. The number of benzene rings is 1. The molecular weight excluding hydrogens is 278 g/mol. The van der Waals surface area contributed by atoms with Gasteiger partial charge in [0.1, 0.15) is 0 Å². The van der Waals surface area contributed by atoms with Crippen LogP contribution in [0.25, 0.3) is 10.9 Å². The van der Waals surface area contributed by atoms with Crippen molar-refractivity contribution in [2.45, 2.75) is 45.4 Å². The molecule has 0 N–H and O–H groups in total. The van der Waals surface area contributed by atoms with E-state index in [-0.39, 0.29) is 5.97 Å². The Kier molecular flexibility index (Phi) is 6.19. The topological polar surface area (TPSA) is 48.3 Å². The predicted molar refractivity (Wildman–Crippen MR) is 87.7 cm³/mol. The number of rotatable bonds is 9. The van der Waals surface area contributed by atoms with Crippen LogP contribution in [0.15, 0.2) is 30.5 Å². The van der Waals surface area contributed by atoms with Crippen LogP contribution in [-0.2, 0) is 9.53 Å². The van der Waals surface area contributed by atoms with Gasteiger partial charge in [-0.25, -0.2) is 4.79 Å². The second-order valence-electron chi connectivity index (χ2n) is 5.51. The largest absolute Gasteiger partial charge is 0.462 e. The molecule has 4 nitrogen and oxygen atoms in total. The predicted octanol–water partition coefficient (Wildman–Crippen LogP) is 4.20. The molecule has 1 heterocycles. The maximum Gasteiger partial charge on any atom is 0.338 e. The van der Waals surface area contributed by atoms with Crippen LogP contribution in [0.3, 0.4) is 0 Å². The Balaban J connectivity index is 1.83. The van der Waals surface area contributed by atoms with Crippen molar-refractivity contribution in [3.8, 4) is 0 Å². The van der Waals surface area contributed by atoms with Crippen molar-refractivity contribution in [3.63, 3.8) is 0 Å². The van der Waals surface area contributed by atoms with Crippen molar-refractivity contribution in [1.29, 1.82) is 0 Å². The Bertz CT molecular complexity index is 630. The van der Waals surface area contributed by atoms with Crippen LogP contribution in [0.4, 0.5) is 0 Å². The highest BCUT2D eigenvalue weighted by atomic mass is 16.5. The van der Waals surface area contributed by atoms with Crippen LogP contribution in [-0.4, -0.2) is 23.6 Å². The zero-order valence-electron chi connectivity index (χ0n) is 13.1. The standard InChI is InChI=1S/C18H23NO3/c1-2-3-4-5-6-7-12-22-18(21)16-9-8-15-10-11-19(14-20)17(15)13-16/h8-11,13-14H,2-7,12H2,1H3. The first-order chi connectivity index (χ1) is 10.8. The number of nitrogens with zero attached hydrogens (tertiary/aromatic N) is 1. The van der Waals surface area contributed by atoms with E-state index in [9.17, 15) is 9.59 Å². The van der Waals surface area contributed by atoms with Crippen LogP contribution in [0.5, 0.6) is 0 Å². The highest BCUT2D eigenvalue weighted by molar-refractivity contribution is 5.96. The van der Waals surface area contributed by atoms with Crippen molar-refractivity contribution in [3.05, 3.63) is 36.0 Å². The number of unbranched alkanes of at least 4 members (excludes halogenated alkanes) is 5. The fraction of sp³-hybridized carbons (Fsp3) is 0.444. The molecule has 1 aromatic heterocycles. The van der Waals surface area contributed by atoms with E-state index < -0.39 is 0 Å². The zero-order chi connectivity index (χ0) is 15.8. The SMILES string of the molecule is CCCCCCCCOC(=O)c1ccc2ccn(C=O)c2c1. The molecule has 2 aromatic rings. The Labute approximate surface area is 131 Å². The quantitative estimate of drug-likeness (QED) is 0.396. The molecule has 0 saturated carbocycles. The van der Waals surface area contributed by atoms with Gasteiger partial charge in [-0.3, -0.25) is 9.36 Å². The lowest BCUT2D eigenvalue weighted by atomic mass is 10.1. The van der Waals surface area contributed by atoms with E-state index >= 15 is 0 Å². The average Bonchev–Trinajstić information content (AvgIpc) is 2.96. The molecule has 0 unspecified atom stereocenters. The molecule has 0 amide bonds. The summed E-state index contributed by atoms with van der Waals surface area (Å²) in [6.07, 6.45) is 9.38. The summed E-state index contributed by atoms with van der Waals surface area (Å²) < 4.78 is 6.76. The number of carbonyl (C=O) groups is 2. The van der Waals surface area contributed by atoms with Gasteiger partial charge < -0.3 is 4.74 Å². The molecule has 0 atom stereocenters. The highest BCUT2D eigenvalue weighted by Gasteiger charge is 2.09. The Hall–Kier alpha value is -2.10. The lowest BCUT2D eigenvalue weighted by Gasteiger charge is -2.05. The van der Waals surface area contributed by atoms with Gasteiger partial charge in [0, 0.05) is 11.6 Å². The first-order valence-corrected chi connectivity index (χ1v) is 7.99. The van der Waals surface area contributed by atoms with E-state index in [1.807, 2.05) is 12.1 Å². The Morgan fingerprint density at radius 2 is 1.91 bits per heavy atom. The minimum Gasteiger partial charge on any atom is -0.462 e. The number of fused-ring (bicyclic) bond motifs is 1. The third kappa shape index (κ3) is 4.20. The van der Waals surface area contributed by atoms with Gasteiger partial charge in [0.25, 0.3) is 0 Å². The second-order valence-corrected chi connectivity index (χ2v) is 5.51. The summed E-state index contributed by atoms with van der Waals surface area (Å²) in [5, 5.41) is 0.930. The van der Waals surface area contributed by atoms with Gasteiger partial charge in [0.2, 0.25) is 6.41 Å². The summed E-state index contributed by atoms with van der Waals surface area (Å²) in [4.78, 5) is 23.0. The number of hydrogen-bond donors (Lipinski definition) is 0. The van der Waals surface area contributed by atoms with E-state index in [4.69, 9.17) is 4.74 Å². The van der Waals surface area contributed by atoms with Crippen LogP contribution in [0.2, 0.25) is 0 Å².